The van der Waals surface area contributed by atoms with E-state index in [0.29, 0.717) is 35.9 Å². The predicted octanol–water partition coefficient (Wildman–Crippen LogP) is 4.58. The van der Waals surface area contributed by atoms with E-state index >= 15 is 0 Å². The Morgan fingerprint density at radius 1 is 1.03 bits per heavy atom. The summed E-state index contributed by atoms with van der Waals surface area (Å²) in [6.07, 6.45) is 4.21. The molecule has 5 aromatic rings. The lowest BCUT2D eigenvalue weighted by Gasteiger charge is -2.19. The van der Waals surface area contributed by atoms with E-state index in [4.69, 9.17) is 4.98 Å². The van der Waals surface area contributed by atoms with E-state index in [1.807, 2.05) is 53.2 Å². The SMILES string of the molecule is C[C@H]1CCCN1Cc1nc2ccc(NC(=O)c3ccc4c(cnn4CCNC(=O)c4ccccc4)c3)cc2[nH]1. The van der Waals surface area contributed by atoms with Crippen LogP contribution in [-0.4, -0.2) is 55.6 Å². The van der Waals surface area contributed by atoms with E-state index in [1.165, 1.54) is 12.8 Å². The molecular weight excluding hydrogens is 490 g/mol. The minimum atomic E-state index is -0.190. The van der Waals surface area contributed by atoms with Gasteiger partial charge < -0.3 is 15.6 Å². The van der Waals surface area contributed by atoms with Crippen LogP contribution >= 0.6 is 0 Å². The molecule has 9 nitrogen and oxygen atoms in total. The van der Waals surface area contributed by atoms with Crippen LogP contribution in [0, 0.1) is 0 Å². The number of rotatable bonds is 8. The normalized spacial score (nSPS) is 15.7. The summed E-state index contributed by atoms with van der Waals surface area (Å²) in [5, 5.41) is 11.2. The van der Waals surface area contributed by atoms with Crippen LogP contribution in [0.2, 0.25) is 0 Å². The zero-order valence-corrected chi connectivity index (χ0v) is 21.9. The van der Waals surface area contributed by atoms with Gasteiger partial charge in [-0.1, -0.05) is 18.2 Å². The molecule has 39 heavy (non-hydrogen) atoms. The fourth-order valence-electron chi connectivity index (χ4n) is 5.21. The average Bonchev–Trinajstić information content (AvgIpc) is 3.67. The summed E-state index contributed by atoms with van der Waals surface area (Å²) in [5.41, 5.74) is 4.59. The van der Waals surface area contributed by atoms with Crippen molar-refractivity contribution in [2.24, 2.45) is 0 Å². The fraction of sp³-hybridized carbons (Fsp3) is 0.267. The molecule has 2 aromatic heterocycles. The number of fused-ring (bicyclic) bond motifs is 2. The van der Waals surface area contributed by atoms with Crippen LogP contribution in [0.15, 0.2) is 72.9 Å². The molecule has 2 amide bonds. The highest BCUT2D eigenvalue weighted by molar-refractivity contribution is 6.06. The third kappa shape index (κ3) is 5.39. The Hall–Kier alpha value is -4.50. The number of carbonyl (C=O) groups is 2. The maximum atomic E-state index is 13.0. The second-order valence-electron chi connectivity index (χ2n) is 10.1. The quantitative estimate of drug-likeness (QED) is 0.277. The van der Waals surface area contributed by atoms with Gasteiger partial charge in [0.25, 0.3) is 11.8 Å². The maximum absolute atomic E-state index is 13.0. The Kier molecular flexibility index (Phi) is 6.81. The predicted molar refractivity (Wildman–Crippen MR) is 152 cm³/mol. The van der Waals surface area contributed by atoms with E-state index < -0.39 is 0 Å². The molecule has 1 fully saturated rings. The number of H-pyrrole nitrogens is 1. The summed E-state index contributed by atoms with van der Waals surface area (Å²) in [4.78, 5) is 35.9. The number of imidazole rings is 1. The number of carbonyl (C=O) groups excluding carboxylic acids is 2. The van der Waals surface area contributed by atoms with Crippen molar-refractivity contribution in [2.45, 2.75) is 38.9 Å². The molecule has 0 spiro atoms. The summed E-state index contributed by atoms with van der Waals surface area (Å²) in [7, 11) is 0. The summed E-state index contributed by atoms with van der Waals surface area (Å²) in [6, 6.07) is 21.0. The first-order chi connectivity index (χ1) is 19.0. The van der Waals surface area contributed by atoms with Crippen LogP contribution in [0.25, 0.3) is 21.9 Å². The zero-order chi connectivity index (χ0) is 26.8. The van der Waals surface area contributed by atoms with Gasteiger partial charge in [-0.15, -0.1) is 0 Å². The first-order valence-corrected chi connectivity index (χ1v) is 13.4. The average molecular weight is 522 g/mol. The molecule has 3 heterocycles. The molecule has 0 aliphatic carbocycles. The second-order valence-corrected chi connectivity index (χ2v) is 10.1. The molecule has 0 unspecified atom stereocenters. The minimum absolute atomic E-state index is 0.114. The lowest BCUT2D eigenvalue weighted by molar-refractivity contribution is 0.0951. The van der Waals surface area contributed by atoms with Crippen molar-refractivity contribution in [2.75, 3.05) is 18.4 Å². The standard InChI is InChI=1S/C30H31N7O2/c1-20-6-5-14-36(20)19-28-34-25-11-10-24(17-26(25)35-28)33-30(39)22-9-12-27-23(16-22)18-32-37(27)15-13-31-29(38)21-7-3-2-4-8-21/h2-4,7-12,16-18,20H,5-6,13-15,19H2,1H3,(H,31,38)(H,33,39)(H,34,35)/t20-/m0/s1. The highest BCUT2D eigenvalue weighted by atomic mass is 16.2. The van der Waals surface area contributed by atoms with Gasteiger partial charge in [0.05, 0.1) is 35.8 Å². The van der Waals surface area contributed by atoms with Crippen LogP contribution in [0.3, 0.4) is 0 Å². The van der Waals surface area contributed by atoms with Gasteiger partial charge in [-0.05, 0) is 74.8 Å². The van der Waals surface area contributed by atoms with Crippen LogP contribution in [0.5, 0.6) is 0 Å². The van der Waals surface area contributed by atoms with Crippen LogP contribution in [0.4, 0.5) is 5.69 Å². The summed E-state index contributed by atoms with van der Waals surface area (Å²) in [5.74, 6) is 0.644. The Labute approximate surface area is 226 Å². The smallest absolute Gasteiger partial charge is 0.255 e. The summed E-state index contributed by atoms with van der Waals surface area (Å²) < 4.78 is 1.83. The van der Waals surface area contributed by atoms with E-state index in [0.717, 1.165) is 40.9 Å². The largest absolute Gasteiger partial charge is 0.350 e. The first-order valence-electron chi connectivity index (χ1n) is 13.4. The number of nitrogens with one attached hydrogen (secondary N) is 3. The van der Waals surface area contributed by atoms with Crippen LogP contribution in [-0.2, 0) is 13.1 Å². The molecule has 198 valence electrons. The van der Waals surface area contributed by atoms with Gasteiger partial charge in [0.2, 0.25) is 0 Å². The van der Waals surface area contributed by atoms with Crippen molar-refractivity contribution in [1.29, 1.82) is 0 Å². The highest BCUT2D eigenvalue weighted by Crippen LogP contribution is 2.23. The third-order valence-corrected chi connectivity index (χ3v) is 7.38. The molecule has 3 aromatic carbocycles. The molecule has 1 saturated heterocycles. The molecular formula is C30H31N7O2. The number of hydrogen-bond acceptors (Lipinski definition) is 5. The van der Waals surface area contributed by atoms with Gasteiger partial charge in [0.15, 0.2) is 0 Å². The molecule has 9 heteroatoms. The topological polar surface area (TPSA) is 108 Å². The van der Waals surface area contributed by atoms with E-state index in [-0.39, 0.29) is 11.8 Å². The lowest BCUT2D eigenvalue weighted by Crippen LogP contribution is -2.27. The lowest BCUT2D eigenvalue weighted by atomic mass is 10.1. The zero-order valence-electron chi connectivity index (χ0n) is 21.9. The van der Waals surface area contributed by atoms with Crippen molar-refractivity contribution in [3.05, 3.63) is 89.9 Å². The molecule has 0 saturated carbocycles. The Bertz CT molecular complexity index is 1640. The summed E-state index contributed by atoms with van der Waals surface area (Å²) >= 11 is 0. The maximum Gasteiger partial charge on any atom is 0.255 e. The van der Waals surface area contributed by atoms with Crippen molar-refractivity contribution < 1.29 is 9.59 Å². The highest BCUT2D eigenvalue weighted by Gasteiger charge is 2.21. The van der Waals surface area contributed by atoms with Gasteiger partial charge >= 0.3 is 0 Å². The number of likely N-dealkylation sites (tertiary alicyclic amines) is 1. The van der Waals surface area contributed by atoms with Crippen molar-refractivity contribution in [3.63, 3.8) is 0 Å². The van der Waals surface area contributed by atoms with Crippen LogP contribution < -0.4 is 10.6 Å². The van der Waals surface area contributed by atoms with Gasteiger partial charge in [-0.3, -0.25) is 19.2 Å². The molecule has 3 N–H and O–H groups in total. The number of aromatic nitrogens is 4. The Morgan fingerprint density at radius 3 is 2.72 bits per heavy atom. The van der Waals surface area contributed by atoms with Crippen molar-refractivity contribution in [3.8, 4) is 0 Å². The number of amides is 2. The number of aromatic amines is 1. The van der Waals surface area contributed by atoms with Crippen LogP contribution in [0.1, 0.15) is 46.3 Å². The molecule has 1 atom stereocenters. The number of hydrogen-bond donors (Lipinski definition) is 3. The van der Waals surface area contributed by atoms with Gasteiger partial charge in [-0.25, -0.2) is 4.98 Å². The third-order valence-electron chi connectivity index (χ3n) is 7.38. The second kappa shape index (κ2) is 10.7. The number of anilines is 1. The molecule has 6 rings (SSSR count). The van der Waals surface area contributed by atoms with Crippen molar-refractivity contribution in [1.82, 2.24) is 30.0 Å². The van der Waals surface area contributed by atoms with Gasteiger partial charge in [0, 0.05) is 34.8 Å². The number of nitrogens with zero attached hydrogens (tertiary/aromatic N) is 4. The fourth-order valence-corrected chi connectivity index (χ4v) is 5.21. The van der Waals surface area contributed by atoms with Crippen molar-refractivity contribution >= 4 is 39.4 Å². The molecule has 0 bridgehead atoms. The first kappa shape index (κ1) is 24.8. The Balaban J connectivity index is 1.09. The molecule has 0 radical (unpaired) electrons. The van der Waals surface area contributed by atoms with Gasteiger partial charge in [-0.2, -0.15) is 5.10 Å². The molecule has 1 aliphatic rings. The van der Waals surface area contributed by atoms with Gasteiger partial charge in [0.1, 0.15) is 5.82 Å². The monoisotopic (exact) mass is 521 g/mol. The van der Waals surface area contributed by atoms with E-state index in [1.54, 1.807) is 24.4 Å². The summed E-state index contributed by atoms with van der Waals surface area (Å²) in [6.45, 7) is 5.15. The minimum Gasteiger partial charge on any atom is -0.350 e. The molecule has 1 aliphatic heterocycles. The number of benzene rings is 3. The van der Waals surface area contributed by atoms with E-state index in [9.17, 15) is 9.59 Å². The Morgan fingerprint density at radius 2 is 1.90 bits per heavy atom. The van der Waals surface area contributed by atoms with E-state index in [2.05, 4.69) is 32.5 Å².